The van der Waals surface area contributed by atoms with Gasteiger partial charge in [0.05, 0.1) is 5.41 Å². The van der Waals surface area contributed by atoms with Crippen molar-refractivity contribution in [3.05, 3.63) is 29.8 Å². The molecule has 1 fully saturated rings. The van der Waals surface area contributed by atoms with Gasteiger partial charge in [0.15, 0.2) is 5.96 Å². The standard InChI is InChI=1S/C22H35N5O2/c1-5-9-19(28)26-18-11-8-10-17(14-18)15-24-21(23-2)25-16-22(12-6-7-13-22)20(29)27(3)4/h8,10-11,14H,5-7,9,12-13,15-16H2,1-4H3,(H,26,28)(H2,23,24,25). The number of nitrogens with one attached hydrogen (secondary N) is 3. The van der Waals surface area contributed by atoms with E-state index in [1.165, 1.54) is 0 Å². The van der Waals surface area contributed by atoms with Gasteiger partial charge in [0.25, 0.3) is 0 Å². The van der Waals surface area contributed by atoms with Crippen LogP contribution in [0.3, 0.4) is 0 Å². The number of amides is 2. The summed E-state index contributed by atoms with van der Waals surface area (Å²) >= 11 is 0. The highest BCUT2D eigenvalue weighted by Crippen LogP contribution is 2.38. The van der Waals surface area contributed by atoms with E-state index in [2.05, 4.69) is 20.9 Å². The highest BCUT2D eigenvalue weighted by atomic mass is 16.2. The molecule has 0 heterocycles. The Morgan fingerprint density at radius 3 is 2.52 bits per heavy atom. The molecule has 0 bridgehead atoms. The van der Waals surface area contributed by atoms with E-state index in [1.54, 1.807) is 11.9 Å². The Labute approximate surface area is 174 Å². The predicted molar refractivity (Wildman–Crippen MR) is 118 cm³/mol. The lowest BCUT2D eigenvalue weighted by atomic mass is 9.84. The van der Waals surface area contributed by atoms with Crippen molar-refractivity contribution < 1.29 is 9.59 Å². The van der Waals surface area contributed by atoms with Crippen LogP contribution >= 0.6 is 0 Å². The first-order valence-electron chi connectivity index (χ1n) is 10.5. The number of carbonyl (C=O) groups excluding carboxylic acids is 2. The van der Waals surface area contributed by atoms with Crippen molar-refractivity contribution >= 4 is 23.5 Å². The molecule has 7 nitrogen and oxygen atoms in total. The molecule has 1 saturated carbocycles. The number of carbonyl (C=O) groups is 2. The summed E-state index contributed by atoms with van der Waals surface area (Å²) in [6.07, 6.45) is 5.34. The summed E-state index contributed by atoms with van der Waals surface area (Å²) in [5.41, 5.74) is 1.50. The van der Waals surface area contributed by atoms with Gasteiger partial charge in [0.1, 0.15) is 0 Å². The smallest absolute Gasteiger partial charge is 0.230 e. The lowest BCUT2D eigenvalue weighted by Crippen LogP contribution is -2.49. The zero-order valence-corrected chi connectivity index (χ0v) is 18.2. The second-order valence-electron chi connectivity index (χ2n) is 7.96. The Morgan fingerprint density at radius 2 is 1.90 bits per heavy atom. The minimum atomic E-state index is -0.343. The summed E-state index contributed by atoms with van der Waals surface area (Å²) in [5, 5.41) is 9.57. The van der Waals surface area contributed by atoms with E-state index in [-0.39, 0.29) is 17.2 Å². The summed E-state index contributed by atoms with van der Waals surface area (Å²) in [4.78, 5) is 30.5. The molecule has 0 aromatic heterocycles. The van der Waals surface area contributed by atoms with Gasteiger partial charge in [-0.15, -0.1) is 0 Å². The zero-order chi connectivity index (χ0) is 21.3. The van der Waals surface area contributed by atoms with Gasteiger partial charge < -0.3 is 20.9 Å². The minimum Gasteiger partial charge on any atom is -0.355 e. The average molecular weight is 402 g/mol. The molecule has 2 amide bonds. The largest absolute Gasteiger partial charge is 0.355 e. The van der Waals surface area contributed by atoms with Crippen molar-refractivity contribution in [1.29, 1.82) is 0 Å². The number of nitrogens with zero attached hydrogens (tertiary/aromatic N) is 2. The van der Waals surface area contributed by atoms with Gasteiger partial charge in [-0.3, -0.25) is 14.6 Å². The number of anilines is 1. The van der Waals surface area contributed by atoms with Gasteiger partial charge in [0, 0.05) is 46.3 Å². The van der Waals surface area contributed by atoms with Crippen LogP contribution in [0.1, 0.15) is 51.0 Å². The molecule has 0 radical (unpaired) electrons. The molecule has 29 heavy (non-hydrogen) atoms. The van der Waals surface area contributed by atoms with Crippen LogP contribution in [0, 0.1) is 5.41 Å². The van der Waals surface area contributed by atoms with Gasteiger partial charge in [-0.2, -0.15) is 0 Å². The molecule has 0 saturated heterocycles. The zero-order valence-electron chi connectivity index (χ0n) is 18.2. The Bertz CT molecular complexity index is 724. The fourth-order valence-electron chi connectivity index (χ4n) is 3.86. The maximum absolute atomic E-state index is 12.7. The van der Waals surface area contributed by atoms with Gasteiger partial charge in [-0.25, -0.2) is 0 Å². The van der Waals surface area contributed by atoms with Crippen LogP contribution in [-0.2, 0) is 16.1 Å². The highest BCUT2D eigenvalue weighted by Gasteiger charge is 2.42. The van der Waals surface area contributed by atoms with E-state index < -0.39 is 0 Å². The molecule has 1 aromatic carbocycles. The molecule has 1 aromatic rings. The Hall–Kier alpha value is -2.57. The van der Waals surface area contributed by atoms with Gasteiger partial charge in [0.2, 0.25) is 11.8 Å². The van der Waals surface area contributed by atoms with Crippen molar-refractivity contribution in [1.82, 2.24) is 15.5 Å². The van der Waals surface area contributed by atoms with Crippen LogP contribution in [0.4, 0.5) is 5.69 Å². The Kier molecular flexibility index (Phi) is 8.49. The molecule has 3 N–H and O–H groups in total. The SMILES string of the molecule is CCCC(=O)Nc1cccc(CNC(=NC)NCC2(C(=O)N(C)C)CCCC2)c1. The van der Waals surface area contributed by atoms with E-state index in [1.807, 2.05) is 45.3 Å². The average Bonchev–Trinajstić information content (AvgIpc) is 3.18. The van der Waals surface area contributed by atoms with Gasteiger partial charge in [-0.05, 0) is 37.0 Å². The van der Waals surface area contributed by atoms with Crippen LogP contribution in [0.5, 0.6) is 0 Å². The normalized spacial score (nSPS) is 15.7. The number of rotatable bonds is 8. The summed E-state index contributed by atoms with van der Waals surface area (Å²) < 4.78 is 0. The Morgan fingerprint density at radius 1 is 1.17 bits per heavy atom. The van der Waals surface area contributed by atoms with Crippen LogP contribution in [0.15, 0.2) is 29.3 Å². The molecule has 1 aliphatic carbocycles. The van der Waals surface area contributed by atoms with E-state index in [0.29, 0.717) is 25.5 Å². The first-order chi connectivity index (χ1) is 13.9. The second-order valence-corrected chi connectivity index (χ2v) is 7.96. The molecule has 7 heteroatoms. The molecule has 0 spiro atoms. The minimum absolute atomic E-state index is 0.0301. The van der Waals surface area contributed by atoms with Crippen molar-refractivity contribution in [3.63, 3.8) is 0 Å². The van der Waals surface area contributed by atoms with Crippen molar-refractivity contribution in [2.45, 2.75) is 52.0 Å². The fraction of sp³-hybridized carbons (Fsp3) is 0.591. The number of guanidine groups is 1. The highest BCUT2D eigenvalue weighted by molar-refractivity contribution is 5.90. The summed E-state index contributed by atoms with van der Waals surface area (Å²) in [6, 6.07) is 7.78. The van der Waals surface area contributed by atoms with Gasteiger partial charge in [-0.1, -0.05) is 31.9 Å². The molecule has 0 unspecified atom stereocenters. The van der Waals surface area contributed by atoms with E-state index in [4.69, 9.17) is 0 Å². The quantitative estimate of drug-likeness (QED) is 0.462. The molecule has 1 aliphatic rings. The third-order valence-corrected chi connectivity index (χ3v) is 5.39. The first-order valence-corrected chi connectivity index (χ1v) is 10.5. The van der Waals surface area contributed by atoms with Gasteiger partial charge >= 0.3 is 0 Å². The number of benzene rings is 1. The van der Waals surface area contributed by atoms with E-state index in [9.17, 15) is 9.59 Å². The number of hydrogen-bond acceptors (Lipinski definition) is 3. The van der Waals surface area contributed by atoms with E-state index in [0.717, 1.165) is 43.4 Å². The number of aliphatic imine (C=N–C) groups is 1. The Balaban J connectivity index is 1.92. The van der Waals surface area contributed by atoms with Crippen LogP contribution in [-0.4, -0.2) is 50.4 Å². The first kappa shape index (κ1) is 22.7. The summed E-state index contributed by atoms with van der Waals surface area (Å²) in [5.74, 6) is 0.888. The monoisotopic (exact) mass is 401 g/mol. The molecular formula is C22H35N5O2. The van der Waals surface area contributed by atoms with Crippen molar-refractivity contribution in [3.8, 4) is 0 Å². The van der Waals surface area contributed by atoms with Crippen LogP contribution in [0.25, 0.3) is 0 Å². The van der Waals surface area contributed by atoms with Crippen LogP contribution in [0.2, 0.25) is 0 Å². The maximum Gasteiger partial charge on any atom is 0.230 e. The summed E-state index contributed by atoms with van der Waals surface area (Å²) in [6.45, 7) is 3.14. The lowest BCUT2D eigenvalue weighted by molar-refractivity contribution is -0.138. The topological polar surface area (TPSA) is 85.8 Å². The fourth-order valence-corrected chi connectivity index (χ4v) is 3.86. The lowest BCUT2D eigenvalue weighted by Gasteiger charge is -2.31. The number of hydrogen-bond donors (Lipinski definition) is 3. The maximum atomic E-state index is 12.7. The van der Waals surface area contributed by atoms with Crippen molar-refractivity contribution in [2.75, 3.05) is 33.0 Å². The molecule has 2 rings (SSSR count). The molecular weight excluding hydrogens is 366 g/mol. The summed E-state index contributed by atoms with van der Waals surface area (Å²) in [7, 11) is 5.37. The molecule has 160 valence electrons. The van der Waals surface area contributed by atoms with E-state index >= 15 is 0 Å². The van der Waals surface area contributed by atoms with Crippen LogP contribution < -0.4 is 16.0 Å². The van der Waals surface area contributed by atoms with Crippen molar-refractivity contribution in [2.24, 2.45) is 10.4 Å². The molecule has 0 aliphatic heterocycles. The predicted octanol–water partition coefficient (Wildman–Crippen LogP) is 2.74. The molecule has 0 atom stereocenters. The third kappa shape index (κ3) is 6.48. The third-order valence-electron chi connectivity index (χ3n) is 5.39. The second kappa shape index (κ2) is 10.8.